The van der Waals surface area contributed by atoms with E-state index in [2.05, 4.69) is 118 Å². The van der Waals surface area contributed by atoms with E-state index in [1.807, 2.05) is 0 Å². The number of alkyl halides is 3. The first kappa shape index (κ1) is 47.0. The summed E-state index contributed by atoms with van der Waals surface area (Å²) in [7, 11) is 0. The molecule has 0 aromatic rings. The molecule has 0 N–H and O–H groups in total. The number of hydrogen-bond acceptors (Lipinski definition) is 0. The normalized spacial score (nSPS) is 13.4. The maximum atomic E-state index is 11.2. The molecule has 0 radical (unpaired) electrons. The molecule has 0 unspecified atom stereocenters. The van der Waals surface area contributed by atoms with Gasteiger partial charge in [-0.05, 0) is 35.0 Å². The van der Waals surface area contributed by atoms with Crippen molar-refractivity contribution >= 4 is 0 Å². The number of rotatable bonds is 1. The van der Waals surface area contributed by atoms with E-state index >= 15 is 0 Å². The highest BCUT2D eigenvalue weighted by Crippen LogP contribution is 2.43. The smallest absolute Gasteiger partial charge is 0.171 e. The Kier molecular flexibility index (Phi) is 35.8. The largest absolute Gasteiger partial charge is 0.391 e. The van der Waals surface area contributed by atoms with Crippen LogP contribution >= 0.6 is 0 Å². The summed E-state index contributed by atoms with van der Waals surface area (Å²) >= 11 is 0. The van der Waals surface area contributed by atoms with E-state index in [1.54, 1.807) is 0 Å². The predicted molar refractivity (Wildman–Crippen MR) is 156 cm³/mol. The molecule has 0 spiro atoms. The molecule has 1 aliphatic rings. The molecule has 1 fully saturated rings. The molecule has 1 rings (SSSR count). The summed E-state index contributed by atoms with van der Waals surface area (Å²) in [6.45, 7) is 39.6. The minimum Gasteiger partial charge on any atom is -0.171 e. The standard InChI is InChI=1S/C6H14.C5H10.C5H12.C4H7F3.2C4H10.C3H8/c1-5-6(2,3)4;1-5(2)3-4-5;1-5(2,3)4;1-3(2)4(5,6)7;1-4(2)3;1-3-4-2;1-3-2/h5H2,1-4H3;3-4H2,1-2H3;1-4H3;3H,1-2H3;4H,1-3H3;3-4H2,1-2H3;3H2,1-2H3. The molecule has 1 aliphatic carbocycles. The van der Waals surface area contributed by atoms with Gasteiger partial charge in [0.2, 0.25) is 0 Å². The van der Waals surface area contributed by atoms with Gasteiger partial charge in [0, 0.05) is 5.92 Å². The Bertz CT molecular complexity index is 329. The van der Waals surface area contributed by atoms with Crippen molar-refractivity contribution in [2.75, 3.05) is 0 Å². The lowest BCUT2D eigenvalue weighted by Gasteiger charge is -2.12. The quantitative estimate of drug-likeness (QED) is 0.336. The highest BCUT2D eigenvalue weighted by Gasteiger charge is 2.31. The minimum atomic E-state index is -4.00. The average Bonchev–Trinajstić information content (AvgIpc) is 3.28. The van der Waals surface area contributed by atoms with E-state index in [1.165, 1.54) is 38.5 Å². The summed E-state index contributed by atoms with van der Waals surface area (Å²) in [5.74, 6) is -0.368. The highest BCUT2D eigenvalue weighted by atomic mass is 19.4. The monoisotopic (exact) mass is 501 g/mol. The summed E-state index contributed by atoms with van der Waals surface area (Å²) in [4.78, 5) is 0. The number of unbranched alkanes of at least 4 members (excludes halogenated alkanes) is 1. The first-order valence-corrected chi connectivity index (χ1v) is 13.8. The van der Waals surface area contributed by atoms with Gasteiger partial charge in [-0.2, -0.15) is 13.2 Å². The van der Waals surface area contributed by atoms with Crippen LogP contribution < -0.4 is 0 Å². The van der Waals surface area contributed by atoms with Crippen LogP contribution in [0.3, 0.4) is 0 Å². The summed E-state index contributed by atoms with van der Waals surface area (Å²) in [5.41, 5.74) is 1.79. The van der Waals surface area contributed by atoms with Crippen molar-refractivity contribution in [3.05, 3.63) is 0 Å². The molecule has 0 nitrogen and oxygen atoms in total. The van der Waals surface area contributed by atoms with Gasteiger partial charge in [-0.25, -0.2) is 0 Å². The third-order valence-electron chi connectivity index (χ3n) is 3.47. The second-order valence-corrected chi connectivity index (χ2v) is 13.7. The number of halogens is 3. The van der Waals surface area contributed by atoms with Crippen molar-refractivity contribution in [2.45, 2.75) is 176 Å². The zero-order valence-corrected chi connectivity index (χ0v) is 27.5. The van der Waals surface area contributed by atoms with Gasteiger partial charge in [0.1, 0.15) is 0 Å². The maximum absolute atomic E-state index is 11.2. The van der Waals surface area contributed by atoms with Crippen LogP contribution in [0.1, 0.15) is 170 Å². The maximum Gasteiger partial charge on any atom is 0.391 e. The molecule has 0 heterocycles. The SMILES string of the molecule is CC(C)(C)C.CC(C)C.CC(C)C(F)(F)F.CC1(C)CC1.CCC.CCC(C)(C)C.CCCC. The van der Waals surface area contributed by atoms with E-state index in [0.717, 1.165) is 25.2 Å². The lowest BCUT2D eigenvalue weighted by molar-refractivity contribution is -0.164. The zero-order valence-electron chi connectivity index (χ0n) is 27.5. The van der Waals surface area contributed by atoms with Gasteiger partial charge in [0.25, 0.3) is 0 Å². The second kappa shape index (κ2) is 25.9. The first-order chi connectivity index (χ1) is 14.8. The fourth-order valence-electron chi connectivity index (χ4n) is 0.250. The van der Waals surface area contributed by atoms with Gasteiger partial charge < -0.3 is 0 Å². The van der Waals surface area contributed by atoms with Crippen LogP contribution in [-0.2, 0) is 0 Å². The van der Waals surface area contributed by atoms with Crippen LogP contribution in [0.5, 0.6) is 0 Å². The molecule has 34 heavy (non-hydrogen) atoms. The van der Waals surface area contributed by atoms with Crippen molar-refractivity contribution < 1.29 is 13.2 Å². The van der Waals surface area contributed by atoms with Crippen LogP contribution in [-0.4, -0.2) is 6.18 Å². The molecular formula is C31H71F3. The minimum absolute atomic E-state index is 0.500. The Balaban J connectivity index is -0.0000000683. The third kappa shape index (κ3) is 138. The van der Waals surface area contributed by atoms with Crippen molar-refractivity contribution in [1.82, 2.24) is 0 Å². The molecule has 0 amide bonds. The molecule has 0 atom stereocenters. The molecule has 0 aromatic heterocycles. The molecule has 3 heteroatoms. The summed E-state index contributed by atoms with van der Waals surface area (Å²) in [5, 5.41) is 0. The Morgan fingerprint density at radius 3 is 0.765 bits per heavy atom. The van der Waals surface area contributed by atoms with Crippen LogP contribution in [0.2, 0.25) is 0 Å². The molecule has 0 aliphatic heterocycles. The molecule has 216 valence electrons. The molecule has 1 saturated carbocycles. The fourth-order valence-corrected chi connectivity index (χ4v) is 0.250. The lowest BCUT2D eigenvalue weighted by atomic mass is 9.94. The van der Waals surface area contributed by atoms with Crippen molar-refractivity contribution in [3.8, 4) is 0 Å². The van der Waals surface area contributed by atoms with E-state index in [0.29, 0.717) is 10.8 Å². The van der Waals surface area contributed by atoms with E-state index in [9.17, 15) is 13.2 Å². The van der Waals surface area contributed by atoms with Crippen LogP contribution in [0.15, 0.2) is 0 Å². The summed E-state index contributed by atoms with van der Waals surface area (Å²) in [6.07, 6.45) is 4.06. The molecular weight excluding hydrogens is 429 g/mol. The van der Waals surface area contributed by atoms with Crippen molar-refractivity contribution in [2.24, 2.45) is 28.1 Å². The van der Waals surface area contributed by atoms with Gasteiger partial charge in [-0.1, -0.05) is 157 Å². The van der Waals surface area contributed by atoms with Crippen LogP contribution in [0, 0.1) is 28.1 Å². The molecule has 0 saturated heterocycles. The van der Waals surface area contributed by atoms with Crippen molar-refractivity contribution in [3.63, 3.8) is 0 Å². The topological polar surface area (TPSA) is 0 Å². The molecule has 0 aromatic carbocycles. The van der Waals surface area contributed by atoms with Gasteiger partial charge in [-0.3, -0.25) is 0 Å². The lowest BCUT2D eigenvalue weighted by Crippen LogP contribution is -2.15. The second-order valence-electron chi connectivity index (χ2n) is 13.7. The predicted octanol–water partition coefficient (Wildman–Crippen LogP) is 13.4. The van der Waals surface area contributed by atoms with E-state index in [4.69, 9.17) is 0 Å². The summed E-state index contributed by atoms with van der Waals surface area (Å²) in [6, 6.07) is 0. The Labute approximate surface area is 217 Å². The highest BCUT2D eigenvalue weighted by molar-refractivity contribution is 4.82. The first-order valence-electron chi connectivity index (χ1n) is 13.8. The Hall–Kier alpha value is -0.210. The average molecular weight is 501 g/mol. The third-order valence-corrected chi connectivity index (χ3v) is 3.47. The van der Waals surface area contributed by atoms with E-state index < -0.39 is 12.1 Å². The fraction of sp³-hybridized carbons (Fsp3) is 1.00. The van der Waals surface area contributed by atoms with Gasteiger partial charge >= 0.3 is 6.18 Å². The zero-order chi connectivity index (χ0) is 29.4. The van der Waals surface area contributed by atoms with Gasteiger partial charge in [-0.15, -0.1) is 0 Å². The molecule has 0 bridgehead atoms. The van der Waals surface area contributed by atoms with Crippen LogP contribution in [0.4, 0.5) is 13.2 Å². The van der Waals surface area contributed by atoms with Crippen molar-refractivity contribution in [1.29, 1.82) is 0 Å². The van der Waals surface area contributed by atoms with Gasteiger partial charge in [0.05, 0.1) is 0 Å². The number of hydrogen-bond donors (Lipinski definition) is 0. The Morgan fingerprint density at radius 1 is 0.647 bits per heavy atom. The van der Waals surface area contributed by atoms with Crippen LogP contribution in [0.25, 0.3) is 0 Å². The van der Waals surface area contributed by atoms with Gasteiger partial charge in [0.15, 0.2) is 0 Å². The van der Waals surface area contributed by atoms with E-state index in [-0.39, 0.29) is 0 Å². The Morgan fingerprint density at radius 2 is 0.765 bits per heavy atom. The summed E-state index contributed by atoms with van der Waals surface area (Å²) < 4.78 is 33.5.